The molecular formula is C25H35N5O2S. The lowest BCUT2D eigenvalue weighted by atomic mass is 10.1. The first-order valence-electron chi connectivity index (χ1n) is 12.0. The molecule has 1 aromatic carbocycles. The molecule has 0 atom stereocenters. The predicted octanol–water partition coefficient (Wildman–Crippen LogP) is 3.55. The van der Waals surface area contributed by atoms with E-state index >= 15 is 0 Å². The van der Waals surface area contributed by atoms with Crippen LogP contribution in [0, 0.1) is 0 Å². The van der Waals surface area contributed by atoms with Gasteiger partial charge in [0.25, 0.3) is 5.91 Å². The maximum Gasteiger partial charge on any atom is 0.251 e. The Morgan fingerprint density at radius 1 is 1.12 bits per heavy atom. The highest BCUT2D eigenvalue weighted by atomic mass is 32.2. The lowest BCUT2D eigenvalue weighted by molar-refractivity contribution is 0.0383. The van der Waals surface area contributed by atoms with E-state index in [1.807, 2.05) is 18.2 Å². The van der Waals surface area contributed by atoms with Crippen LogP contribution >= 0.6 is 11.8 Å². The fraction of sp³-hybridized carbons (Fsp3) is 0.560. The summed E-state index contributed by atoms with van der Waals surface area (Å²) < 4.78 is 5.37. The maximum atomic E-state index is 12.6. The summed E-state index contributed by atoms with van der Waals surface area (Å²) in [5.41, 5.74) is 2.88. The van der Waals surface area contributed by atoms with Crippen molar-refractivity contribution >= 4 is 23.5 Å². The van der Waals surface area contributed by atoms with Crippen molar-refractivity contribution in [1.29, 1.82) is 0 Å². The fourth-order valence-electron chi connectivity index (χ4n) is 4.10. The zero-order chi connectivity index (χ0) is 23.0. The average Bonchev–Trinajstić information content (AvgIpc) is 3.38. The molecule has 33 heavy (non-hydrogen) atoms. The van der Waals surface area contributed by atoms with Crippen LogP contribution in [-0.2, 0) is 10.5 Å². The molecule has 0 aliphatic carbocycles. The van der Waals surface area contributed by atoms with E-state index in [0.29, 0.717) is 18.0 Å². The van der Waals surface area contributed by atoms with Crippen LogP contribution in [-0.4, -0.2) is 73.3 Å². The second-order valence-electron chi connectivity index (χ2n) is 8.98. The van der Waals surface area contributed by atoms with Gasteiger partial charge in [-0.05, 0) is 36.5 Å². The van der Waals surface area contributed by atoms with Crippen molar-refractivity contribution in [3.05, 3.63) is 47.2 Å². The summed E-state index contributed by atoms with van der Waals surface area (Å²) in [7, 11) is 0. The SMILES string of the molecule is CC(C)c1cc(N2CCCC2)nc(SCc2cccc(C(=O)NCCN3CCOCC3)c2)n1. The first-order valence-corrected chi connectivity index (χ1v) is 13.0. The third-order valence-electron chi connectivity index (χ3n) is 6.11. The smallest absolute Gasteiger partial charge is 0.251 e. The number of aromatic nitrogens is 2. The average molecular weight is 470 g/mol. The van der Waals surface area contributed by atoms with E-state index in [1.165, 1.54) is 12.8 Å². The number of ether oxygens (including phenoxy) is 1. The molecule has 2 fully saturated rings. The third kappa shape index (κ3) is 6.91. The highest BCUT2D eigenvalue weighted by molar-refractivity contribution is 7.98. The summed E-state index contributed by atoms with van der Waals surface area (Å²) in [5.74, 6) is 2.11. The standard InChI is InChI=1S/C25H35N5O2S/c1-19(2)22-17-23(30-9-3-4-10-30)28-25(27-22)33-18-20-6-5-7-21(16-20)24(31)26-8-11-29-12-14-32-15-13-29/h5-7,16-17,19H,3-4,8-15,18H2,1-2H3,(H,26,31). The van der Waals surface area contributed by atoms with E-state index in [2.05, 4.69) is 41.1 Å². The van der Waals surface area contributed by atoms with Crippen LogP contribution in [0.25, 0.3) is 0 Å². The molecule has 1 aromatic heterocycles. The second kappa shape index (κ2) is 11.8. The summed E-state index contributed by atoms with van der Waals surface area (Å²) in [5, 5.41) is 3.86. The minimum absolute atomic E-state index is 0.0236. The van der Waals surface area contributed by atoms with Gasteiger partial charge in [0, 0.05) is 62.3 Å². The number of nitrogens with one attached hydrogen (secondary N) is 1. The lowest BCUT2D eigenvalue weighted by Crippen LogP contribution is -2.41. The summed E-state index contributed by atoms with van der Waals surface area (Å²) in [6, 6.07) is 10.0. The van der Waals surface area contributed by atoms with Crippen LogP contribution in [0.3, 0.4) is 0 Å². The molecule has 0 unspecified atom stereocenters. The number of amides is 1. The van der Waals surface area contributed by atoms with Crippen molar-refractivity contribution in [2.24, 2.45) is 0 Å². The molecule has 0 bridgehead atoms. The van der Waals surface area contributed by atoms with E-state index in [4.69, 9.17) is 14.7 Å². The van der Waals surface area contributed by atoms with Gasteiger partial charge in [-0.2, -0.15) is 0 Å². The highest BCUT2D eigenvalue weighted by Gasteiger charge is 2.17. The van der Waals surface area contributed by atoms with Gasteiger partial charge in [-0.25, -0.2) is 9.97 Å². The number of hydrogen-bond acceptors (Lipinski definition) is 7. The van der Waals surface area contributed by atoms with Crippen molar-refractivity contribution in [2.45, 2.75) is 43.5 Å². The van der Waals surface area contributed by atoms with Gasteiger partial charge in [0.1, 0.15) is 5.82 Å². The Labute approximate surface area is 201 Å². The Balaban J connectivity index is 1.34. The van der Waals surface area contributed by atoms with E-state index in [9.17, 15) is 4.79 Å². The number of rotatable bonds is 9. The van der Waals surface area contributed by atoms with Crippen molar-refractivity contribution in [3.63, 3.8) is 0 Å². The van der Waals surface area contributed by atoms with Crippen LogP contribution in [0.15, 0.2) is 35.5 Å². The normalized spacial score (nSPS) is 17.0. The minimum Gasteiger partial charge on any atom is -0.379 e. The first-order chi connectivity index (χ1) is 16.1. The monoisotopic (exact) mass is 469 g/mol. The number of anilines is 1. The number of carbonyl (C=O) groups is 1. The molecule has 2 aromatic rings. The van der Waals surface area contributed by atoms with Gasteiger partial charge in [0.15, 0.2) is 5.16 Å². The molecule has 1 amide bonds. The predicted molar refractivity (Wildman–Crippen MR) is 133 cm³/mol. The van der Waals surface area contributed by atoms with Crippen LogP contribution in [0.5, 0.6) is 0 Å². The Hall–Kier alpha value is -2.16. The molecule has 178 valence electrons. The van der Waals surface area contributed by atoms with E-state index < -0.39 is 0 Å². The Morgan fingerprint density at radius 2 is 1.91 bits per heavy atom. The van der Waals surface area contributed by atoms with Gasteiger partial charge in [-0.1, -0.05) is 37.7 Å². The fourth-order valence-corrected chi connectivity index (χ4v) is 4.91. The molecule has 3 heterocycles. The molecule has 7 nitrogen and oxygen atoms in total. The lowest BCUT2D eigenvalue weighted by Gasteiger charge is -2.26. The first kappa shape index (κ1) is 24.0. The molecule has 0 saturated carbocycles. The molecule has 2 aliphatic rings. The quantitative estimate of drug-likeness (QED) is 0.445. The van der Waals surface area contributed by atoms with Crippen molar-refractivity contribution in [2.75, 3.05) is 57.4 Å². The summed E-state index contributed by atoms with van der Waals surface area (Å²) in [4.78, 5) is 26.9. The molecule has 0 spiro atoms. The summed E-state index contributed by atoms with van der Waals surface area (Å²) in [6.07, 6.45) is 2.45. The summed E-state index contributed by atoms with van der Waals surface area (Å²) in [6.45, 7) is 11.4. The molecule has 4 rings (SSSR count). The van der Waals surface area contributed by atoms with E-state index in [-0.39, 0.29) is 5.91 Å². The van der Waals surface area contributed by atoms with Gasteiger partial charge in [0.05, 0.1) is 13.2 Å². The molecular weight excluding hydrogens is 434 g/mol. The number of benzene rings is 1. The van der Waals surface area contributed by atoms with Gasteiger partial charge in [-0.15, -0.1) is 0 Å². The van der Waals surface area contributed by atoms with Crippen LogP contribution < -0.4 is 10.2 Å². The van der Waals surface area contributed by atoms with Gasteiger partial charge < -0.3 is 15.0 Å². The van der Waals surface area contributed by atoms with Crippen LogP contribution in [0.1, 0.15) is 54.2 Å². The molecule has 1 N–H and O–H groups in total. The second-order valence-corrected chi connectivity index (χ2v) is 9.92. The topological polar surface area (TPSA) is 70.6 Å². The van der Waals surface area contributed by atoms with Crippen molar-refractivity contribution in [3.8, 4) is 0 Å². The van der Waals surface area contributed by atoms with Gasteiger partial charge >= 0.3 is 0 Å². The molecule has 2 aliphatic heterocycles. The number of morpholine rings is 1. The minimum atomic E-state index is -0.0236. The molecule has 0 radical (unpaired) electrons. The van der Waals surface area contributed by atoms with Gasteiger partial charge in [0.2, 0.25) is 0 Å². The zero-order valence-corrected chi connectivity index (χ0v) is 20.6. The Morgan fingerprint density at radius 3 is 2.67 bits per heavy atom. The Kier molecular flexibility index (Phi) is 8.58. The molecule has 2 saturated heterocycles. The number of nitrogens with zero attached hydrogens (tertiary/aromatic N) is 4. The van der Waals surface area contributed by atoms with E-state index in [0.717, 1.165) is 73.9 Å². The van der Waals surface area contributed by atoms with Crippen LogP contribution in [0.4, 0.5) is 5.82 Å². The Bertz CT molecular complexity index is 927. The maximum absolute atomic E-state index is 12.6. The van der Waals surface area contributed by atoms with E-state index in [1.54, 1.807) is 11.8 Å². The number of carbonyl (C=O) groups excluding carboxylic acids is 1. The van der Waals surface area contributed by atoms with Crippen molar-refractivity contribution in [1.82, 2.24) is 20.2 Å². The van der Waals surface area contributed by atoms with Crippen LogP contribution in [0.2, 0.25) is 0 Å². The van der Waals surface area contributed by atoms with Gasteiger partial charge in [-0.3, -0.25) is 9.69 Å². The summed E-state index contributed by atoms with van der Waals surface area (Å²) >= 11 is 1.64. The molecule has 8 heteroatoms. The largest absolute Gasteiger partial charge is 0.379 e. The number of thioether (sulfide) groups is 1. The zero-order valence-electron chi connectivity index (χ0n) is 19.8. The number of hydrogen-bond donors (Lipinski definition) is 1. The van der Waals surface area contributed by atoms with Crippen molar-refractivity contribution < 1.29 is 9.53 Å². The highest BCUT2D eigenvalue weighted by Crippen LogP contribution is 2.27. The third-order valence-corrected chi connectivity index (χ3v) is 7.03.